The minimum atomic E-state index is 0.0774. The predicted molar refractivity (Wildman–Crippen MR) is 100 cm³/mol. The van der Waals surface area contributed by atoms with E-state index in [0.717, 1.165) is 37.3 Å². The maximum absolute atomic E-state index is 12.5. The van der Waals surface area contributed by atoms with Crippen molar-refractivity contribution in [3.63, 3.8) is 0 Å². The molecule has 1 aliphatic heterocycles. The molecule has 8 nitrogen and oxygen atoms in total. The van der Waals surface area contributed by atoms with E-state index in [4.69, 9.17) is 4.74 Å². The summed E-state index contributed by atoms with van der Waals surface area (Å²) in [5.74, 6) is 1.11. The second-order valence-electron chi connectivity index (χ2n) is 7.47. The molecular formula is C19H26N6O2. The van der Waals surface area contributed by atoms with Crippen LogP contribution in [0, 0.1) is 12.8 Å². The number of rotatable bonds is 6. The van der Waals surface area contributed by atoms with Crippen molar-refractivity contribution in [2.24, 2.45) is 5.92 Å². The summed E-state index contributed by atoms with van der Waals surface area (Å²) >= 11 is 0. The van der Waals surface area contributed by atoms with Crippen LogP contribution in [-0.4, -0.2) is 58.0 Å². The first-order valence-electron chi connectivity index (χ1n) is 9.49. The molecular weight excluding hydrogens is 344 g/mol. The molecule has 1 saturated carbocycles. The van der Waals surface area contributed by atoms with Gasteiger partial charge in [-0.1, -0.05) is 0 Å². The Morgan fingerprint density at radius 1 is 1.33 bits per heavy atom. The summed E-state index contributed by atoms with van der Waals surface area (Å²) < 4.78 is 7.51. The molecule has 1 amide bonds. The number of aryl methyl sites for hydroxylation is 1. The van der Waals surface area contributed by atoms with Gasteiger partial charge in [-0.05, 0) is 32.3 Å². The van der Waals surface area contributed by atoms with Gasteiger partial charge in [0.2, 0.25) is 5.91 Å². The molecule has 0 aromatic carbocycles. The third-order valence-corrected chi connectivity index (χ3v) is 5.69. The number of hydrogen-bond acceptors (Lipinski definition) is 6. The van der Waals surface area contributed by atoms with Gasteiger partial charge in [-0.2, -0.15) is 5.10 Å². The zero-order chi connectivity index (χ0) is 18.8. The number of carbonyl (C=O) groups is 1. The Morgan fingerprint density at radius 3 is 2.89 bits per heavy atom. The Kier molecular flexibility index (Phi) is 5.07. The van der Waals surface area contributed by atoms with Crippen LogP contribution in [0.3, 0.4) is 0 Å². The SMILES string of the molecule is CO[C@@H]1C[C@H](CNC(=O)C2CC(n3cccn3)C2)N(c2cc(C)ncn2)C1. The minimum absolute atomic E-state index is 0.0774. The third kappa shape index (κ3) is 3.80. The lowest BCUT2D eigenvalue weighted by atomic mass is 9.79. The molecule has 2 aromatic rings. The first-order chi connectivity index (χ1) is 13.1. The summed E-state index contributed by atoms with van der Waals surface area (Å²) in [6.45, 7) is 3.33. The number of nitrogens with one attached hydrogen (secondary N) is 1. The highest BCUT2D eigenvalue weighted by Gasteiger charge is 2.37. The van der Waals surface area contributed by atoms with E-state index in [9.17, 15) is 4.79 Å². The molecule has 0 spiro atoms. The minimum Gasteiger partial charge on any atom is -0.380 e. The summed E-state index contributed by atoms with van der Waals surface area (Å²) in [6.07, 6.45) is 8.06. The molecule has 0 bridgehead atoms. The first kappa shape index (κ1) is 17.9. The van der Waals surface area contributed by atoms with Crippen LogP contribution < -0.4 is 10.2 Å². The molecule has 1 aliphatic carbocycles. The average molecular weight is 370 g/mol. The fourth-order valence-electron chi connectivity index (χ4n) is 3.99. The highest BCUT2D eigenvalue weighted by Crippen LogP contribution is 2.37. The van der Waals surface area contributed by atoms with Crippen LogP contribution in [0.1, 0.15) is 31.0 Å². The molecule has 2 fully saturated rings. The topological polar surface area (TPSA) is 85.2 Å². The summed E-state index contributed by atoms with van der Waals surface area (Å²) in [4.78, 5) is 23.3. The van der Waals surface area contributed by atoms with E-state index in [-0.39, 0.29) is 24.0 Å². The molecule has 4 rings (SSSR count). The van der Waals surface area contributed by atoms with Crippen molar-refractivity contribution in [2.75, 3.05) is 25.1 Å². The van der Waals surface area contributed by atoms with E-state index in [2.05, 4.69) is 25.3 Å². The number of anilines is 1. The lowest BCUT2D eigenvalue weighted by Crippen LogP contribution is -2.45. The van der Waals surface area contributed by atoms with Gasteiger partial charge in [0.25, 0.3) is 0 Å². The Balaban J connectivity index is 1.33. The number of amides is 1. The monoisotopic (exact) mass is 370 g/mol. The summed E-state index contributed by atoms with van der Waals surface area (Å²) in [6, 6.07) is 4.42. The number of methoxy groups -OCH3 is 1. The molecule has 2 atom stereocenters. The van der Waals surface area contributed by atoms with Crippen LogP contribution in [-0.2, 0) is 9.53 Å². The van der Waals surface area contributed by atoms with E-state index in [1.54, 1.807) is 19.6 Å². The lowest BCUT2D eigenvalue weighted by molar-refractivity contribution is -0.128. The average Bonchev–Trinajstić information content (AvgIpc) is 3.28. The molecule has 8 heteroatoms. The van der Waals surface area contributed by atoms with Crippen LogP contribution >= 0.6 is 0 Å². The first-order valence-corrected chi connectivity index (χ1v) is 9.49. The van der Waals surface area contributed by atoms with Gasteiger partial charge in [-0.3, -0.25) is 9.48 Å². The zero-order valence-corrected chi connectivity index (χ0v) is 15.8. The highest BCUT2D eigenvalue weighted by molar-refractivity contribution is 5.79. The van der Waals surface area contributed by atoms with Gasteiger partial charge in [-0.15, -0.1) is 0 Å². The summed E-state index contributed by atoms with van der Waals surface area (Å²) in [7, 11) is 1.73. The van der Waals surface area contributed by atoms with Crippen LogP contribution in [0.5, 0.6) is 0 Å². The van der Waals surface area contributed by atoms with E-state index < -0.39 is 0 Å². The second-order valence-corrected chi connectivity index (χ2v) is 7.47. The fraction of sp³-hybridized carbons (Fsp3) is 0.579. The van der Waals surface area contributed by atoms with Crippen molar-refractivity contribution in [3.8, 4) is 0 Å². The maximum atomic E-state index is 12.5. The zero-order valence-electron chi connectivity index (χ0n) is 15.8. The Labute approximate surface area is 158 Å². The molecule has 144 valence electrons. The molecule has 1 N–H and O–H groups in total. The molecule has 1 saturated heterocycles. The standard InChI is InChI=1S/C19H26N6O2/c1-13-6-18(22-12-21-13)24-11-17(27-2)9-16(24)10-20-19(26)14-7-15(8-14)25-5-3-4-23-25/h3-6,12,14-17H,7-11H2,1-2H3,(H,20,26)/t14?,15?,16-,17-/m1/s1. The highest BCUT2D eigenvalue weighted by atomic mass is 16.5. The van der Waals surface area contributed by atoms with Crippen molar-refractivity contribution in [1.82, 2.24) is 25.1 Å². The number of carbonyl (C=O) groups excluding carboxylic acids is 1. The predicted octanol–water partition coefficient (Wildman–Crippen LogP) is 1.34. The van der Waals surface area contributed by atoms with Gasteiger partial charge in [0.05, 0.1) is 18.2 Å². The Hall–Kier alpha value is -2.48. The molecule has 2 aliphatic rings. The van der Waals surface area contributed by atoms with Crippen molar-refractivity contribution >= 4 is 11.7 Å². The van der Waals surface area contributed by atoms with Crippen LogP contribution in [0.25, 0.3) is 0 Å². The lowest BCUT2D eigenvalue weighted by Gasteiger charge is -2.35. The summed E-state index contributed by atoms with van der Waals surface area (Å²) in [5.41, 5.74) is 0.933. The van der Waals surface area contributed by atoms with Gasteiger partial charge in [-0.25, -0.2) is 9.97 Å². The van der Waals surface area contributed by atoms with E-state index in [1.807, 2.05) is 29.9 Å². The van der Waals surface area contributed by atoms with Crippen LogP contribution in [0.2, 0.25) is 0 Å². The smallest absolute Gasteiger partial charge is 0.223 e. The van der Waals surface area contributed by atoms with E-state index in [1.165, 1.54) is 0 Å². The molecule has 3 heterocycles. The van der Waals surface area contributed by atoms with E-state index >= 15 is 0 Å². The van der Waals surface area contributed by atoms with E-state index in [0.29, 0.717) is 12.6 Å². The van der Waals surface area contributed by atoms with Gasteiger partial charge in [0.15, 0.2) is 0 Å². The van der Waals surface area contributed by atoms with Crippen molar-refractivity contribution in [3.05, 3.63) is 36.5 Å². The molecule has 0 radical (unpaired) electrons. The molecule has 2 aromatic heterocycles. The van der Waals surface area contributed by atoms with Crippen LogP contribution in [0.4, 0.5) is 5.82 Å². The van der Waals surface area contributed by atoms with Gasteiger partial charge >= 0.3 is 0 Å². The van der Waals surface area contributed by atoms with Crippen molar-refractivity contribution < 1.29 is 9.53 Å². The number of hydrogen-bond donors (Lipinski definition) is 1. The van der Waals surface area contributed by atoms with Crippen LogP contribution in [0.15, 0.2) is 30.9 Å². The van der Waals surface area contributed by atoms with Gasteiger partial charge in [0, 0.05) is 50.3 Å². The third-order valence-electron chi connectivity index (χ3n) is 5.69. The van der Waals surface area contributed by atoms with Crippen molar-refractivity contribution in [2.45, 2.75) is 44.4 Å². The Morgan fingerprint density at radius 2 is 2.19 bits per heavy atom. The second kappa shape index (κ2) is 7.64. The summed E-state index contributed by atoms with van der Waals surface area (Å²) in [5, 5.41) is 7.40. The van der Waals surface area contributed by atoms with Gasteiger partial charge in [0.1, 0.15) is 12.1 Å². The quantitative estimate of drug-likeness (QED) is 0.826. The van der Waals surface area contributed by atoms with Gasteiger partial charge < -0.3 is 15.0 Å². The fourth-order valence-corrected chi connectivity index (χ4v) is 3.99. The van der Waals surface area contributed by atoms with Crippen molar-refractivity contribution in [1.29, 1.82) is 0 Å². The number of ether oxygens (including phenoxy) is 1. The number of aromatic nitrogens is 4. The molecule has 0 unspecified atom stereocenters. The number of nitrogens with zero attached hydrogens (tertiary/aromatic N) is 5. The Bertz CT molecular complexity index is 774. The maximum Gasteiger partial charge on any atom is 0.223 e. The largest absolute Gasteiger partial charge is 0.380 e. The normalized spacial score (nSPS) is 27.4. The molecule has 27 heavy (non-hydrogen) atoms.